The first-order chi connectivity index (χ1) is 13.6. The van der Waals surface area contributed by atoms with Crippen LogP contribution in [0.3, 0.4) is 0 Å². The van der Waals surface area contributed by atoms with Crippen LogP contribution in [0.5, 0.6) is 0 Å². The van der Waals surface area contributed by atoms with Gasteiger partial charge in [0, 0.05) is 44.4 Å². The summed E-state index contributed by atoms with van der Waals surface area (Å²) in [5, 5.41) is 13.3. The average Bonchev–Trinajstić information content (AvgIpc) is 3.10. The molecule has 8 nitrogen and oxygen atoms in total. The van der Waals surface area contributed by atoms with Gasteiger partial charge in [0.05, 0.1) is 11.5 Å². The lowest BCUT2D eigenvalue weighted by Gasteiger charge is -2.33. The number of fused-ring (bicyclic) bond motifs is 1. The van der Waals surface area contributed by atoms with Crippen molar-refractivity contribution in [2.24, 2.45) is 0 Å². The lowest BCUT2D eigenvalue weighted by atomic mass is 10.0. The first-order valence-corrected chi connectivity index (χ1v) is 9.63. The number of aromatic nitrogens is 3. The Morgan fingerprint density at radius 1 is 1.50 bits per heavy atom. The van der Waals surface area contributed by atoms with Crippen molar-refractivity contribution in [2.45, 2.75) is 31.7 Å². The minimum Gasteiger partial charge on any atom is -0.365 e. The number of carbonyl (C=O) groups is 1. The smallest absolute Gasteiger partial charge is 0.246 e. The van der Waals surface area contributed by atoms with Crippen LogP contribution >= 0.6 is 0 Å². The molecule has 3 rings (SSSR count). The van der Waals surface area contributed by atoms with E-state index in [4.69, 9.17) is 5.26 Å². The lowest BCUT2D eigenvalue weighted by molar-refractivity contribution is -0.127. The molecule has 0 aromatic carbocycles. The SMILES string of the molecule is CN(C)C/C=C/C(=O)N1CCC[C@@H](Nc2ncnc3[nH]cc(CCC#N)c23)C1. The molecule has 0 bridgehead atoms. The van der Waals surface area contributed by atoms with E-state index in [2.05, 4.69) is 26.3 Å². The van der Waals surface area contributed by atoms with E-state index in [1.54, 1.807) is 6.08 Å². The van der Waals surface area contributed by atoms with Gasteiger partial charge in [0.1, 0.15) is 17.8 Å². The van der Waals surface area contributed by atoms with E-state index in [0.717, 1.165) is 48.3 Å². The second-order valence-electron chi connectivity index (χ2n) is 7.35. The highest BCUT2D eigenvalue weighted by Crippen LogP contribution is 2.26. The number of anilines is 1. The second-order valence-corrected chi connectivity index (χ2v) is 7.35. The number of rotatable bonds is 7. The van der Waals surface area contributed by atoms with Gasteiger partial charge >= 0.3 is 0 Å². The highest BCUT2D eigenvalue weighted by molar-refractivity contribution is 5.90. The van der Waals surface area contributed by atoms with Crippen LogP contribution in [0.4, 0.5) is 5.82 Å². The second kappa shape index (κ2) is 9.33. The Labute approximate surface area is 165 Å². The fraction of sp³-hybridized carbons (Fsp3) is 0.500. The Morgan fingerprint density at radius 3 is 3.14 bits per heavy atom. The summed E-state index contributed by atoms with van der Waals surface area (Å²) < 4.78 is 0. The zero-order chi connectivity index (χ0) is 19.9. The molecule has 3 heterocycles. The highest BCUT2D eigenvalue weighted by Gasteiger charge is 2.23. The van der Waals surface area contributed by atoms with Crippen LogP contribution in [-0.4, -0.2) is 70.4 Å². The number of nitriles is 1. The quantitative estimate of drug-likeness (QED) is 0.711. The number of likely N-dealkylation sites (tertiary alicyclic amines) is 1. The molecule has 1 aliphatic rings. The third kappa shape index (κ3) is 4.87. The maximum absolute atomic E-state index is 12.5. The maximum atomic E-state index is 12.5. The molecule has 1 fully saturated rings. The number of likely N-dealkylation sites (N-methyl/N-ethyl adjacent to an activating group) is 1. The van der Waals surface area contributed by atoms with Gasteiger partial charge in [-0.1, -0.05) is 6.08 Å². The molecule has 1 aliphatic heterocycles. The molecule has 0 spiro atoms. The fourth-order valence-electron chi connectivity index (χ4n) is 3.48. The van der Waals surface area contributed by atoms with Crippen molar-refractivity contribution < 1.29 is 4.79 Å². The van der Waals surface area contributed by atoms with E-state index in [-0.39, 0.29) is 11.9 Å². The minimum absolute atomic E-state index is 0.0533. The van der Waals surface area contributed by atoms with Gasteiger partial charge in [-0.05, 0) is 38.9 Å². The standard InChI is InChI=1S/C20H27N7O/c1-26(2)10-5-8-17(28)27-11-4-7-16(13-27)25-20-18-15(6-3-9-21)12-22-19(18)23-14-24-20/h5,8,12,14,16H,3-4,6-7,10-11,13H2,1-2H3,(H2,22,23,24,25)/b8-5+/t16-/m1/s1. The highest BCUT2D eigenvalue weighted by atomic mass is 16.2. The molecule has 148 valence electrons. The molecule has 1 atom stereocenters. The van der Waals surface area contributed by atoms with Crippen molar-refractivity contribution in [1.29, 1.82) is 5.26 Å². The molecule has 28 heavy (non-hydrogen) atoms. The molecule has 8 heteroatoms. The summed E-state index contributed by atoms with van der Waals surface area (Å²) in [6.45, 7) is 2.17. The lowest BCUT2D eigenvalue weighted by Crippen LogP contribution is -2.44. The van der Waals surface area contributed by atoms with Crippen LogP contribution in [0, 0.1) is 11.3 Å². The van der Waals surface area contributed by atoms with Gasteiger partial charge in [-0.25, -0.2) is 9.97 Å². The van der Waals surface area contributed by atoms with Crippen molar-refractivity contribution in [2.75, 3.05) is 39.0 Å². The number of hydrogen-bond acceptors (Lipinski definition) is 6. The summed E-state index contributed by atoms with van der Waals surface area (Å²) >= 11 is 0. The molecule has 0 aliphatic carbocycles. The average molecular weight is 381 g/mol. The summed E-state index contributed by atoms with van der Waals surface area (Å²) in [5.74, 6) is 0.819. The summed E-state index contributed by atoms with van der Waals surface area (Å²) in [7, 11) is 3.95. The first-order valence-electron chi connectivity index (χ1n) is 9.63. The van der Waals surface area contributed by atoms with Crippen LogP contribution < -0.4 is 5.32 Å². The van der Waals surface area contributed by atoms with E-state index >= 15 is 0 Å². The van der Waals surface area contributed by atoms with Crippen LogP contribution in [0.25, 0.3) is 11.0 Å². The van der Waals surface area contributed by atoms with Gasteiger partial charge in [0.25, 0.3) is 0 Å². The van der Waals surface area contributed by atoms with Crippen LogP contribution in [0.15, 0.2) is 24.7 Å². The number of nitrogens with zero attached hydrogens (tertiary/aromatic N) is 5. The van der Waals surface area contributed by atoms with Gasteiger partial charge in [0.15, 0.2) is 0 Å². The number of carbonyl (C=O) groups excluding carboxylic acids is 1. The fourth-order valence-corrected chi connectivity index (χ4v) is 3.48. The predicted octanol–water partition coefficient (Wildman–Crippen LogP) is 1.93. The van der Waals surface area contributed by atoms with E-state index < -0.39 is 0 Å². The van der Waals surface area contributed by atoms with Crippen molar-refractivity contribution in [3.8, 4) is 6.07 Å². The zero-order valence-electron chi connectivity index (χ0n) is 16.5. The van der Waals surface area contributed by atoms with E-state index in [1.807, 2.05) is 36.2 Å². The van der Waals surface area contributed by atoms with Gasteiger partial charge in [-0.2, -0.15) is 5.26 Å². The minimum atomic E-state index is 0.0533. The number of amides is 1. The summed E-state index contributed by atoms with van der Waals surface area (Å²) in [6.07, 6.45) is 10.0. The van der Waals surface area contributed by atoms with Gasteiger partial charge in [0.2, 0.25) is 5.91 Å². The van der Waals surface area contributed by atoms with E-state index in [0.29, 0.717) is 19.4 Å². The molecule has 2 aromatic rings. The molecule has 2 N–H and O–H groups in total. The van der Waals surface area contributed by atoms with Crippen LogP contribution in [0.1, 0.15) is 24.8 Å². The number of nitrogens with one attached hydrogen (secondary N) is 2. The monoisotopic (exact) mass is 381 g/mol. The van der Waals surface area contributed by atoms with E-state index in [9.17, 15) is 4.79 Å². The molecular formula is C20H27N7O. The van der Waals surface area contributed by atoms with E-state index in [1.165, 1.54) is 6.33 Å². The Hall–Kier alpha value is -2.92. The van der Waals surface area contributed by atoms with Gasteiger partial charge < -0.3 is 20.1 Å². The summed E-state index contributed by atoms with van der Waals surface area (Å²) in [5.41, 5.74) is 1.80. The van der Waals surface area contributed by atoms with Crippen LogP contribution in [-0.2, 0) is 11.2 Å². The number of piperidine rings is 1. The summed E-state index contributed by atoms with van der Waals surface area (Å²) in [4.78, 5) is 28.2. The molecular weight excluding hydrogens is 354 g/mol. The number of aryl methyl sites for hydroxylation is 1. The molecule has 1 amide bonds. The molecule has 2 aromatic heterocycles. The van der Waals surface area contributed by atoms with Gasteiger partial charge in [-0.15, -0.1) is 0 Å². The Kier molecular flexibility index (Phi) is 6.61. The molecule has 1 saturated heterocycles. The Bertz CT molecular complexity index is 880. The molecule has 0 unspecified atom stereocenters. The third-order valence-corrected chi connectivity index (χ3v) is 4.86. The number of hydrogen-bond donors (Lipinski definition) is 2. The molecule has 0 radical (unpaired) electrons. The van der Waals surface area contributed by atoms with Gasteiger partial charge in [-0.3, -0.25) is 4.79 Å². The normalized spacial score (nSPS) is 17.4. The summed E-state index contributed by atoms with van der Waals surface area (Å²) in [6, 6.07) is 2.32. The largest absolute Gasteiger partial charge is 0.365 e. The number of H-pyrrole nitrogens is 1. The number of aromatic amines is 1. The Balaban J connectivity index is 1.70. The topological polar surface area (TPSA) is 101 Å². The third-order valence-electron chi connectivity index (χ3n) is 4.86. The van der Waals surface area contributed by atoms with Crippen molar-refractivity contribution in [1.82, 2.24) is 24.8 Å². The van der Waals surface area contributed by atoms with Crippen molar-refractivity contribution in [3.63, 3.8) is 0 Å². The first kappa shape index (κ1) is 19.8. The van der Waals surface area contributed by atoms with Crippen molar-refractivity contribution >= 4 is 22.8 Å². The Morgan fingerprint density at radius 2 is 2.36 bits per heavy atom. The maximum Gasteiger partial charge on any atom is 0.246 e. The molecule has 0 saturated carbocycles. The van der Waals surface area contributed by atoms with Crippen molar-refractivity contribution in [3.05, 3.63) is 30.2 Å². The van der Waals surface area contributed by atoms with Crippen LogP contribution in [0.2, 0.25) is 0 Å². The zero-order valence-corrected chi connectivity index (χ0v) is 16.5. The predicted molar refractivity (Wildman–Crippen MR) is 109 cm³/mol.